The summed E-state index contributed by atoms with van der Waals surface area (Å²) < 4.78 is 4.71. The molecule has 1 rings (SSSR count). The molecule has 5 nitrogen and oxygen atoms in total. The maximum absolute atomic E-state index is 11.5. The van der Waals surface area contributed by atoms with Crippen LogP contribution >= 0.6 is 0 Å². The highest BCUT2D eigenvalue weighted by molar-refractivity contribution is 5.92. The van der Waals surface area contributed by atoms with Crippen LogP contribution in [0, 0.1) is 0 Å². The fourth-order valence-electron chi connectivity index (χ4n) is 1.56. The molecule has 0 spiro atoms. The van der Waals surface area contributed by atoms with Crippen LogP contribution in [-0.2, 0) is 20.7 Å². The molecule has 5 heteroatoms. The van der Waals surface area contributed by atoms with Crippen molar-refractivity contribution in [2.45, 2.75) is 19.4 Å². The highest BCUT2D eigenvalue weighted by Gasteiger charge is 2.16. The minimum absolute atomic E-state index is 0.0657. The molecule has 1 aromatic rings. The number of carboxylic acid groups (broad SMARTS) is 1. The van der Waals surface area contributed by atoms with Gasteiger partial charge in [-0.05, 0) is 23.6 Å². The largest absolute Gasteiger partial charge is 0.479 e. The van der Waals surface area contributed by atoms with Gasteiger partial charge in [0.25, 0.3) is 0 Å². The third kappa shape index (κ3) is 5.24. The van der Waals surface area contributed by atoms with Crippen molar-refractivity contribution in [1.82, 2.24) is 5.32 Å². The number of nitrogens with one attached hydrogen (secondary N) is 1. The van der Waals surface area contributed by atoms with Gasteiger partial charge in [-0.15, -0.1) is 0 Å². The lowest BCUT2D eigenvalue weighted by molar-refractivity contribution is -0.148. The van der Waals surface area contributed by atoms with Gasteiger partial charge in [-0.25, -0.2) is 4.79 Å². The summed E-state index contributed by atoms with van der Waals surface area (Å²) in [6, 6.07) is 7.86. The Kier molecular flexibility index (Phi) is 6.46. The first-order chi connectivity index (χ1) is 9.56. The Morgan fingerprint density at radius 2 is 2.00 bits per heavy atom. The number of rotatable bonds is 7. The average Bonchev–Trinajstić information content (AvgIpc) is 2.46. The fourth-order valence-corrected chi connectivity index (χ4v) is 1.56. The van der Waals surface area contributed by atoms with Crippen molar-refractivity contribution < 1.29 is 19.4 Å². The van der Waals surface area contributed by atoms with Gasteiger partial charge in [-0.3, -0.25) is 4.79 Å². The quantitative estimate of drug-likeness (QED) is 0.740. The third-order valence-corrected chi connectivity index (χ3v) is 2.84. The SMILES string of the molecule is CCc1ccc(/C=C/C(=O)NCC(OC)C(=O)O)cc1. The van der Waals surface area contributed by atoms with E-state index in [0.29, 0.717) is 0 Å². The normalized spacial score (nSPS) is 12.3. The minimum Gasteiger partial charge on any atom is -0.479 e. The van der Waals surface area contributed by atoms with Crippen LogP contribution in [0.4, 0.5) is 0 Å². The van der Waals surface area contributed by atoms with Crippen molar-refractivity contribution in [2.24, 2.45) is 0 Å². The first-order valence-corrected chi connectivity index (χ1v) is 6.37. The van der Waals surface area contributed by atoms with Crippen LogP contribution in [0.15, 0.2) is 30.3 Å². The molecule has 0 aliphatic heterocycles. The van der Waals surface area contributed by atoms with Gasteiger partial charge in [-0.1, -0.05) is 31.2 Å². The number of carbonyl (C=O) groups is 2. The van der Waals surface area contributed by atoms with E-state index in [9.17, 15) is 9.59 Å². The molecule has 1 amide bonds. The molecule has 1 aromatic carbocycles. The molecule has 0 aliphatic rings. The predicted molar refractivity (Wildman–Crippen MR) is 76.3 cm³/mol. The van der Waals surface area contributed by atoms with Crippen LogP contribution in [0.1, 0.15) is 18.1 Å². The van der Waals surface area contributed by atoms with Crippen LogP contribution in [0.25, 0.3) is 6.08 Å². The van der Waals surface area contributed by atoms with Gasteiger partial charge in [-0.2, -0.15) is 0 Å². The maximum atomic E-state index is 11.5. The summed E-state index contributed by atoms with van der Waals surface area (Å²) in [4.78, 5) is 22.2. The minimum atomic E-state index is -1.10. The van der Waals surface area contributed by atoms with E-state index >= 15 is 0 Å². The van der Waals surface area contributed by atoms with Gasteiger partial charge in [0, 0.05) is 13.2 Å². The zero-order valence-electron chi connectivity index (χ0n) is 11.6. The second-order valence-corrected chi connectivity index (χ2v) is 4.24. The Labute approximate surface area is 118 Å². The Morgan fingerprint density at radius 3 is 2.50 bits per heavy atom. The lowest BCUT2D eigenvalue weighted by Crippen LogP contribution is -2.37. The van der Waals surface area contributed by atoms with Crippen molar-refractivity contribution in [3.63, 3.8) is 0 Å². The van der Waals surface area contributed by atoms with Gasteiger partial charge in [0.2, 0.25) is 5.91 Å². The predicted octanol–water partition coefficient (Wildman–Crippen LogP) is 1.48. The summed E-state index contributed by atoms with van der Waals surface area (Å²) in [7, 11) is 1.29. The van der Waals surface area contributed by atoms with E-state index in [2.05, 4.69) is 12.2 Å². The molecule has 0 saturated carbocycles. The standard InChI is InChI=1S/C15H19NO4/c1-3-11-4-6-12(7-5-11)8-9-14(17)16-10-13(20-2)15(18)19/h4-9,13H,3,10H2,1-2H3,(H,16,17)(H,18,19)/b9-8+. The van der Waals surface area contributed by atoms with Gasteiger partial charge in [0.1, 0.15) is 0 Å². The number of methoxy groups -OCH3 is 1. The summed E-state index contributed by atoms with van der Waals surface area (Å²) >= 11 is 0. The van der Waals surface area contributed by atoms with Crippen LogP contribution in [0.5, 0.6) is 0 Å². The zero-order chi connectivity index (χ0) is 15.0. The number of amides is 1. The number of benzene rings is 1. The monoisotopic (exact) mass is 277 g/mol. The van der Waals surface area contributed by atoms with Crippen molar-refractivity contribution in [2.75, 3.05) is 13.7 Å². The number of carbonyl (C=O) groups excluding carboxylic acids is 1. The number of ether oxygens (including phenoxy) is 1. The zero-order valence-corrected chi connectivity index (χ0v) is 11.6. The van der Waals surface area contributed by atoms with Gasteiger partial charge >= 0.3 is 5.97 Å². The van der Waals surface area contributed by atoms with Crippen LogP contribution in [0.3, 0.4) is 0 Å². The van der Waals surface area contributed by atoms with E-state index in [0.717, 1.165) is 12.0 Å². The number of aliphatic carboxylic acids is 1. The molecule has 1 atom stereocenters. The Balaban J connectivity index is 2.48. The summed E-state index contributed by atoms with van der Waals surface area (Å²) in [5.41, 5.74) is 2.15. The molecule has 0 aliphatic carbocycles. The second kappa shape index (κ2) is 8.12. The first-order valence-electron chi connectivity index (χ1n) is 6.37. The molecule has 1 unspecified atom stereocenters. The van der Waals surface area contributed by atoms with Gasteiger partial charge < -0.3 is 15.2 Å². The molecule has 2 N–H and O–H groups in total. The summed E-state index contributed by atoms with van der Waals surface area (Å²) in [6.45, 7) is 2.01. The highest BCUT2D eigenvalue weighted by Crippen LogP contribution is 2.06. The van der Waals surface area contributed by atoms with Crippen molar-refractivity contribution in [3.05, 3.63) is 41.5 Å². The molecule has 20 heavy (non-hydrogen) atoms. The van der Waals surface area contributed by atoms with E-state index in [4.69, 9.17) is 9.84 Å². The Morgan fingerprint density at radius 1 is 1.35 bits per heavy atom. The van der Waals surface area contributed by atoms with Crippen molar-refractivity contribution in [1.29, 1.82) is 0 Å². The van der Waals surface area contributed by atoms with Gasteiger partial charge in [0.05, 0.1) is 6.54 Å². The Hall–Kier alpha value is -2.14. The number of aryl methyl sites for hydroxylation is 1. The number of hydrogen-bond donors (Lipinski definition) is 2. The fraction of sp³-hybridized carbons (Fsp3) is 0.333. The highest BCUT2D eigenvalue weighted by atomic mass is 16.5. The Bertz CT molecular complexity index is 479. The molecule has 0 saturated heterocycles. The second-order valence-electron chi connectivity index (χ2n) is 4.24. The third-order valence-electron chi connectivity index (χ3n) is 2.84. The summed E-state index contributed by atoms with van der Waals surface area (Å²) in [5.74, 6) is -1.46. The van der Waals surface area contributed by atoms with Gasteiger partial charge in [0.15, 0.2) is 6.10 Å². The van der Waals surface area contributed by atoms with Crippen molar-refractivity contribution >= 4 is 18.0 Å². The average molecular weight is 277 g/mol. The van der Waals surface area contributed by atoms with Crippen LogP contribution in [0.2, 0.25) is 0 Å². The number of hydrogen-bond acceptors (Lipinski definition) is 3. The number of carboxylic acids is 1. The van der Waals surface area contributed by atoms with E-state index in [1.807, 2.05) is 24.3 Å². The van der Waals surface area contributed by atoms with Crippen molar-refractivity contribution in [3.8, 4) is 0 Å². The summed E-state index contributed by atoms with van der Waals surface area (Å²) in [6.07, 6.45) is 2.99. The smallest absolute Gasteiger partial charge is 0.334 e. The lowest BCUT2D eigenvalue weighted by Gasteiger charge is -2.10. The van der Waals surface area contributed by atoms with E-state index in [-0.39, 0.29) is 12.5 Å². The molecule has 0 heterocycles. The van der Waals surface area contributed by atoms with Crippen LogP contribution in [-0.4, -0.2) is 36.7 Å². The van der Waals surface area contributed by atoms with E-state index < -0.39 is 12.1 Å². The van der Waals surface area contributed by atoms with E-state index in [1.54, 1.807) is 6.08 Å². The van der Waals surface area contributed by atoms with Crippen LogP contribution < -0.4 is 5.32 Å². The lowest BCUT2D eigenvalue weighted by atomic mass is 10.1. The molecular weight excluding hydrogens is 258 g/mol. The maximum Gasteiger partial charge on any atom is 0.334 e. The molecule has 0 bridgehead atoms. The summed E-state index contributed by atoms with van der Waals surface area (Å²) in [5, 5.41) is 11.2. The topological polar surface area (TPSA) is 75.6 Å². The van der Waals surface area contributed by atoms with E-state index in [1.165, 1.54) is 18.7 Å². The molecular formula is C15H19NO4. The first kappa shape index (κ1) is 15.9. The molecule has 0 fully saturated rings. The molecule has 108 valence electrons. The molecule has 0 aromatic heterocycles. The molecule has 0 radical (unpaired) electrons.